The molecule has 0 saturated carbocycles. The number of urea groups is 1. The number of aliphatic hydroxyl groups is 1. The second-order valence-electron chi connectivity index (χ2n) is 10.6. The zero-order valence-electron chi connectivity index (χ0n) is 23.3. The van der Waals surface area contributed by atoms with Gasteiger partial charge in [0.15, 0.2) is 0 Å². The number of benzene rings is 2. The van der Waals surface area contributed by atoms with Gasteiger partial charge < -0.3 is 25.4 Å². The maximum Gasteiger partial charge on any atom is 0.331 e. The van der Waals surface area contributed by atoms with Crippen LogP contribution in [0.2, 0.25) is 0 Å². The summed E-state index contributed by atoms with van der Waals surface area (Å²) in [5.41, 5.74) is 2.61. The van der Waals surface area contributed by atoms with Crippen LogP contribution in [0.5, 0.6) is 11.5 Å². The van der Waals surface area contributed by atoms with Crippen LogP contribution in [0.25, 0.3) is 10.2 Å². The van der Waals surface area contributed by atoms with E-state index in [4.69, 9.17) is 4.74 Å². The molecule has 3 N–H and O–H groups in total. The number of rotatable bonds is 7. The van der Waals surface area contributed by atoms with Crippen molar-refractivity contribution in [3.05, 3.63) is 71.2 Å². The molecule has 4 aromatic rings. The molecule has 11 heteroatoms. The minimum absolute atomic E-state index is 0.121. The van der Waals surface area contributed by atoms with Gasteiger partial charge in [0.25, 0.3) is 5.91 Å². The van der Waals surface area contributed by atoms with Crippen LogP contribution in [-0.2, 0) is 4.79 Å². The Labute approximate surface area is 246 Å². The third-order valence-electron chi connectivity index (χ3n) is 7.60. The maximum atomic E-state index is 13.6. The molecule has 216 valence electrons. The van der Waals surface area contributed by atoms with E-state index in [1.807, 2.05) is 55.5 Å². The number of aromatic nitrogens is 1. The van der Waals surface area contributed by atoms with Gasteiger partial charge in [0.05, 0.1) is 35.0 Å². The number of nitrogens with one attached hydrogen (secondary N) is 2. The number of amides is 4. The first-order valence-corrected chi connectivity index (χ1v) is 14.7. The summed E-state index contributed by atoms with van der Waals surface area (Å²) in [7, 11) is 0. The molecule has 4 heterocycles. The van der Waals surface area contributed by atoms with Crippen molar-refractivity contribution in [2.45, 2.75) is 32.7 Å². The highest BCUT2D eigenvalue weighted by atomic mass is 32.1. The minimum Gasteiger partial charge on any atom is -0.457 e. The van der Waals surface area contributed by atoms with Gasteiger partial charge in [0, 0.05) is 25.3 Å². The molecule has 0 aliphatic carbocycles. The number of pyridine rings is 1. The highest BCUT2D eigenvalue weighted by Gasteiger charge is 2.34. The quantitative estimate of drug-likeness (QED) is 0.266. The van der Waals surface area contributed by atoms with Crippen LogP contribution in [0.1, 0.15) is 35.0 Å². The van der Waals surface area contributed by atoms with E-state index in [9.17, 15) is 19.5 Å². The van der Waals surface area contributed by atoms with Gasteiger partial charge in [-0.05, 0) is 61.7 Å². The van der Waals surface area contributed by atoms with Crippen molar-refractivity contribution in [3.8, 4) is 11.5 Å². The second-order valence-corrected chi connectivity index (χ2v) is 11.6. The smallest absolute Gasteiger partial charge is 0.331 e. The molecule has 42 heavy (non-hydrogen) atoms. The van der Waals surface area contributed by atoms with E-state index in [1.54, 1.807) is 29.0 Å². The van der Waals surface area contributed by atoms with E-state index in [0.717, 1.165) is 24.2 Å². The number of aliphatic hydroxyl groups excluding tert-OH is 1. The Hall–Kier alpha value is -4.48. The molecule has 0 spiro atoms. The second kappa shape index (κ2) is 11.4. The fraction of sp³-hybridized carbons (Fsp3) is 0.290. The fourth-order valence-corrected chi connectivity index (χ4v) is 6.51. The van der Waals surface area contributed by atoms with Crippen LogP contribution in [0.4, 0.5) is 21.9 Å². The van der Waals surface area contributed by atoms with E-state index in [2.05, 4.69) is 15.6 Å². The van der Waals surface area contributed by atoms with Crippen LogP contribution in [0, 0.1) is 12.8 Å². The lowest BCUT2D eigenvalue weighted by Crippen LogP contribution is -2.51. The molecule has 2 aromatic carbocycles. The average Bonchev–Trinajstić information content (AvgIpc) is 3.37. The number of para-hydroxylation sites is 1. The van der Waals surface area contributed by atoms with Crippen LogP contribution in [-0.4, -0.2) is 58.6 Å². The van der Waals surface area contributed by atoms with E-state index < -0.39 is 5.92 Å². The number of ether oxygens (including phenoxy) is 1. The molecule has 0 radical (unpaired) electrons. The lowest BCUT2D eigenvalue weighted by Gasteiger charge is -2.34. The molecule has 0 bridgehead atoms. The molecule has 4 amide bonds. The number of anilines is 3. The Morgan fingerprint density at radius 1 is 1.17 bits per heavy atom. The van der Waals surface area contributed by atoms with Crippen molar-refractivity contribution in [3.63, 3.8) is 0 Å². The first kappa shape index (κ1) is 27.7. The molecule has 2 aromatic heterocycles. The Morgan fingerprint density at radius 2 is 1.98 bits per heavy atom. The van der Waals surface area contributed by atoms with Crippen LogP contribution in [0.15, 0.2) is 60.8 Å². The number of carbonyl (C=O) groups is 3. The van der Waals surface area contributed by atoms with Crippen molar-refractivity contribution in [1.29, 1.82) is 0 Å². The highest BCUT2D eigenvalue weighted by Crippen LogP contribution is 2.46. The Bertz CT molecular complexity index is 1670. The number of piperidine rings is 1. The molecule has 6 rings (SSSR count). The summed E-state index contributed by atoms with van der Waals surface area (Å²) in [4.78, 5) is 48.5. The van der Waals surface area contributed by atoms with Crippen molar-refractivity contribution in [2.75, 3.05) is 29.9 Å². The van der Waals surface area contributed by atoms with Crippen molar-refractivity contribution in [1.82, 2.24) is 15.2 Å². The van der Waals surface area contributed by atoms with E-state index in [0.29, 0.717) is 51.0 Å². The maximum absolute atomic E-state index is 13.6. The number of thiophene rings is 1. The third-order valence-corrected chi connectivity index (χ3v) is 8.70. The molecular formula is C31H31N5O5S. The van der Waals surface area contributed by atoms with E-state index in [1.165, 1.54) is 11.3 Å². The Balaban J connectivity index is 1.26. The predicted molar refractivity (Wildman–Crippen MR) is 162 cm³/mol. The van der Waals surface area contributed by atoms with Gasteiger partial charge in [0.2, 0.25) is 5.91 Å². The fourth-order valence-electron chi connectivity index (χ4n) is 5.49. The zero-order chi connectivity index (χ0) is 29.4. The van der Waals surface area contributed by atoms with E-state index >= 15 is 0 Å². The summed E-state index contributed by atoms with van der Waals surface area (Å²) in [5.74, 6) is 0.455. The number of hydrogen-bond acceptors (Lipinski definition) is 7. The van der Waals surface area contributed by atoms with Gasteiger partial charge in [-0.15, -0.1) is 11.3 Å². The van der Waals surface area contributed by atoms with Gasteiger partial charge in [0.1, 0.15) is 21.2 Å². The van der Waals surface area contributed by atoms with Gasteiger partial charge >= 0.3 is 6.03 Å². The molecule has 1 fully saturated rings. The summed E-state index contributed by atoms with van der Waals surface area (Å²) >= 11 is 1.22. The number of hydrogen-bond donors (Lipinski definition) is 3. The molecule has 0 unspecified atom stereocenters. The third kappa shape index (κ3) is 5.17. The molecule has 2 atom stereocenters. The van der Waals surface area contributed by atoms with Gasteiger partial charge in [-0.3, -0.25) is 14.5 Å². The lowest BCUT2D eigenvalue weighted by atomic mass is 10.0. The van der Waals surface area contributed by atoms with Crippen molar-refractivity contribution in [2.24, 2.45) is 5.92 Å². The molecule has 2 aliphatic heterocycles. The summed E-state index contributed by atoms with van der Waals surface area (Å²) in [6.07, 6.45) is 3.12. The standard InChI is InChI=1S/C31H31N5O5S/c1-18-15-22(41-21-8-4-3-5-9-21)10-11-23(18)36-24-12-13-32-29-25(24)26(34-31(36)40)27(42-29)28(38)33-20-7-6-14-35(16-20)30(39)19(2)17-37/h3-5,8-13,15,19-20,37H,6-7,14,16-17H2,1-2H3,(H,33,38)(H,34,40)/t19-,20+/m0/s1. The molecule has 2 aliphatic rings. The highest BCUT2D eigenvalue weighted by molar-refractivity contribution is 7.21. The number of nitrogens with zero attached hydrogens (tertiary/aromatic N) is 3. The Morgan fingerprint density at radius 3 is 2.74 bits per heavy atom. The first-order valence-electron chi connectivity index (χ1n) is 13.9. The summed E-state index contributed by atoms with van der Waals surface area (Å²) in [6, 6.07) is 16.2. The van der Waals surface area contributed by atoms with Crippen LogP contribution < -0.4 is 20.3 Å². The number of likely N-dealkylation sites (tertiary alicyclic amines) is 1. The van der Waals surface area contributed by atoms with Crippen LogP contribution >= 0.6 is 11.3 Å². The molecular weight excluding hydrogens is 554 g/mol. The monoisotopic (exact) mass is 585 g/mol. The largest absolute Gasteiger partial charge is 0.457 e. The van der Waals surface area contributed by atoms with E-state index in [-0.39, 0.29) is 30.5 Å². The predicted octanol–water partition coefficient (Wildman–Crippen LogP) is 5.43. The van der Waals surface area contributed by atoms with Gasteiger partial charge in [-0.25, -0.2) is 9.78 Å². The first-order chi connectivity index (χ1) is 20.3. The normalized spacial score (nSPS) is 17.1. The Kier molecular flexibility index (Phi) is 7.53. The topological polar surface area (TPSA) is 124 Å². The molecule has 10 nitrogen and oxygen atoms in total. The SMILES string of the molecule is Cc1cc(Oc2ccccc2)ccc1N1C(=O)Nc2c(C(=O)N[C@@H]3CCCN(C(=O)[C@@H](C)CO)C3)sc3nccc1c23. The van der Waals surface area contributed by atoms with Gasteiger partial charge in [-0.1, -0.05) is 25.1 Å². The summed E-state index contributed by atoms with van der Waals surface area (Å²) in [5, 5.41) is 16.1. The zero-order valence-corrected chi connectivity index (χ0v) is 24.1. The number of carbonyl (C=O) groups excluding carboxylic acids is 3. The summed E-state index contributed by atoms with van der Waals surface area (Å²) < 4.78 is 5.97. The van der Waals surface area contributed by atoms with Crippen molar-refractivity contribution >= 4 is 56.5 Å². The average molecular weight is 586 g/mol. The number of aryl methyl sites for hydroxylation is 1. The minimum atomic E-state index is -0.481. The summed E-state index contributed by atoms with van der Waals surface area (Å²) in [6.45, 7) is 4.37. The molecule has 1 saturated heterocycles. The van der Waals surface area contributed by atoms with Crippen LogP contribution in [0.3, 0.4) is 0 Å². The van der Waals surface area contributed by atoms with Crippen molar-refractivity contribution < 1.29 is 24.2 Å². The van der Waals surface area contributed by atoms with Gasteiger partial charge in [-0.2, -0.15) is 0 Å². The lowest BCUT2D eigenvalue weighted by molar-refractivity contribution is -0.137.